The van der Waals surface area contributed by atoms with Crippen LogP contribution in [0.2, 0.25) is 0 Å². The van der Waals surface area contributed by atoms with Gasteiger partial charge in [0.25, 0.3) is 0 Å². The molecule has 0 saturated heterocycles. The van der Waals surface area contributed by atoms with E-state index in [1.165, 1.54) is 0 Å². The van der Waals surface area contributed by atoms with Gasteiger partial charge in [0.05, 0.1) is 12.9 Å². The lowest BCUT2D eigenvalue weighted by molar-refractivity contribution is -0.139. The SMILES string of the molecule is CC[C@H](C)NC(=O)[C@H](Cc1ccccc1)N(Cc1cccc(C)c1)C(=O)CSCc1ccc(OC)cc1. The van der Waals surface area contributed by atoms with Crippen molar-refractivity contribution in [1.29, 1.82) is 0 Å². The molecule has 2 amide bonds. The van der Waals surface area contributed by atoms with Gasteiger partial charge in [-0.3, -0.25) is 9.59 Å². The van der Waals surface area contributed by atoms with Crippen molar-refractivity contribution in [3.05, 3.63) is 101 Å². The third-order valence-corrected chi connectivity index (χ3v) is 7.35. The number of thioether (sulfide) groups is 1. The number of benzene rings is 3. The van der Waals surface area contributed by atoms with E-state index < -0.39 is 6.04 Å². The van der Waals surface area contributed by atoms with Gasteiger partial charge < -0.3 is 15.0 Å². The first-order chi connectivity index (χ1) is 17.9. The maximum atomic E-state index is 13.7. The highest BCUT2D eigenvalue weighted by atomic mass is 32.2. The van der Waals surface area contributed by atoms with Crippen LogP contribution in [0.5, 0.6) is 5.75 Å². The maximum absolute atomic E-state index is 13.7. The summed E-state index contributed by atoms with van der Waals surface area (Å²) in [5, 5.41) is 3.12. The largest absolute Gasteiger partial charge is 0.497 e. The third kappa shape index (κ3) is 8.97. The summed E-state index contributed by atoms with van der Waals surface area (Å²) in [5.41, 5.74) is 4.30. The van der Waals surface area contributed by atoms with Gasteiger partial charge in [0.2, 0.25) is 11.8 Å². The zero-order valence-corrected chi connectivity index (χ0v) is 23.1. The van der Waals surface area contributed by atoms with Crippen LogP contribution >= 0.6 is 11.8 Å². The number of methoxy groups -OCH3 is 1. The minimum absolute atomic E-state index is 0.0335. The van der Waals surface area contributed by atoms with Gasteiger partial charge in [-0.2, -0.15) is 0 Å². The van der Waals surface area contributed by atoms with Crippen LogP contribution in [0.25, 0.3) is 0 Å². The Balaban J connectivity index is 1.83. The van der Waals surface area contributed by atoms with Gasteiger partial charge in [0.15, 0.2) is 0 Å². The van der Waals surface area contributed by atoms with Crippen LogP contribution in [-0.2, 0) is 28.3 Å². The molecule has 0 aliphatic carbocycles. The fourth-order valence-corrected chi connectivity index (χ4v) is 4.93. The number of hydrogen-bond acceptors (Lipinski definition) is 4. The van der Waals surface area contributed by atoms with E-state index in [9.17, 15) is 9.59 Å². The average molecular weight is 519 g/mol. The van der Waals surface area contributed by atoms with Crippen molar-refractivity contribution >= 4 is 23.6 Å². The fraction of sp³-hybridized carbons (Fsp3) is 0.355. The molecule has 0 aromatic heterocycles. The topological polar surface area (TPSA) is 58.6 Å². The van der Waals surface area contributed by atoms with E-state index in [-0.39, 0.29) is 17.9 Å². The molecule has 0 aliphatic rings. The number of carbonyl (C=O) groups is 2. The van der Waals surface area contributed by atoms with Crippen molar-refractivity contribution in [2.45, 2.75) is 58.0 Å². The number of carbonyl (C=O) groups excluding carboxylic acids is 2. The smallest absolute Gasteiger partial charge is 0.243 e. The van der Waals surface area contributed by atoms with E-state index in [0.29, 0.717) is 24.5 Å². The number of hydrogen-bond donors (Lipinski definition) is 1. The first kappa shape index (κ1) is 28.3. The van der Waals surface area contributed by atoms with Crippen LogP contribution in [-0.4, -0.2) is 41.7 Å². The molecule has 5 nitrogen and oxygen atoms in total. The first-order valence-electron chi connectivity index (χ1n) is 12.8. The summed E-state index contributed by atoms with van der Waals surface area (Å²) in [4.78, 5) is 29.0. The fourth-order valence-electron chi connectivity index (χ4n) is 4.06. The molecule has 0 saturated carbocycles. The summed E-state index contributed by atoms with van der Waals surface area (Å²) in [6.07, 6.45) is 1.29. The Morgan fingerprint density at radius 2 is 1.65 bits per heavy atom. The summed E-state index contributed by atoms with van der Waals surface area (Å²) < 4.78 is 5.24. The third-order valence-electron chi connectivity index (χ3n) is 6.36. The van der Waals surface area contributed by atoms with Crippen molar-refractivity contribution in [3.63, 3.8) is 0 Å². The van der Waals surface area contributed by atoms with Crippen molar-refractivity contribution < 1.29 is 14.3 Å². The Bertz CT molecular complexity index is 1130. The van der Waals surface area contributed by atoms with Gasteiger partial charge in [-0.15, -0.1) is 11.8 Å². The van der Waals surface area contributed by atoms with Crippen molar-refractivity contribution in [2.24, 2.45) is 0 Å². The normalized spacial score (nSPS) is 12.4. The Labute approximate surface area is 225 Å². The minimum atomic E-state index is -0.606. The number of rotatable bonds is 13. The number of nitrogens with zero attached hydrogens (tertiary/aromatic N) is 1. The van der Waals surface area contributed by atoms with Gasteiger partial charge in [0.1, 0.15) is 11.8 Å². The lowest BCUT2D eigenvalue weighted by Gasteiger charge is -2.32. The zero-order chi connectivity index (χ0) is 26.6. The van der Waals surface area contributed by atoms with Crippen LogP contribution in [0, 0.1) is 6.92 Å². The van der Waals surface area contributed by atoms with E-state index in [1.807, 2.05) is 93.6 Å². The Kier molecular flexibility index (Phi) is 11.1. The highest BCUT2D eigenvalue weighted by molar-refractivity contribution is 7.99. The van der Waals surface area contributed by atoms with Gasteiger partial charge in [-0.25, -0.2) is 0 Å². The molecule has 0 unspecified atom stereocenters. The Morgan fingerprint density at radius 1 is 0.946 bits per heavy atom. The molecule has 3 aromatic carbocycles. The number of ether oxygens (including phenoxy) is 1. The summed E-state index contributed by atoms with van der Waals surface area (Å²) >= 11 is 1.56. The molecule has 2 atom stereocenters. The summed E-state index contributed by atoms with van der Waals surface area (Å²) in [5.74, 6) is 1.65. The molecule has 0 spiro atoms. The summed E-state index contributed by atoms with van der Waals surface area (Å²) in [7, 11) is 1.65. The Morgan fingerprint density at radius 3 is 2.30 bits per heavy atom. The van der Waals surface area contributed by atoms with Crippen molar-refractivity contribution in [1.82, 2.24) is 10.2 Å². The molecule has 0 bridgehead atoms. The number of amides is 2. The maximum Gasteiger partial charge on any atom is 0.243 e. The molecular weight excluding hydrogens is 480 g/mol. The van der Waals surface area contributed by atoms with Gasteiger partial charge >= 0.3 is 0 Å². The average Bonchev–Trinajstić information content (AvgIpc) is 2.91. The molecule has 3 aromatic rings. The summed E-state index contributed by atoms with van der Waals surface area (Å²) in [6, 6.07) is 25.4. The molecule has 1 N–H and O–H groups in total. The second kappa shape index (κ2) is 14.5. The van der Waals surface area contributed by atoms with Crippen LogP contribution < -0.4 is 10.1 Å². The van der Waals surface area contributed by atoms with Crippen LogP contribution in [0.4, 0.5) is 0 Å². The van der Waals surface area contributed by atoms with Crippen LogP contribution in [0.1, 0.15) is 42.5 Å². The molecule has 3 rings (SSSR count). The quantitative estimate of drug-likeness (QED) is 0.311. The predicted octanol–water partition coefficient (Wildman–Crippen LogP) is 5.79. The van der Waals surface area contributed by atoms with Gasteiger partial charge in [-0.05, 0) is 49.1 Å². The minimum Gasteiger partial charge on any atom is -0.497 e. The molecule has 37 heavy (non-hydrogen) atoms. The number of aryl methyl sites for hydroxylation is 1. The zero-order valence-electron chi connectivity index (χ0n) is 22.3. The second-order valence-corrected chi connectivity index (χ2v) is 10.4. The van der Waals surface area contributed by atoms with Crippen LogP contribution in [0.15, 0.2) is 78.9 Å². The number of nitrogens with one attached hydrogen (secondary N) is 1. The highest BCUT2D eigenvalue weighted by Gasteiger charge is 2.30. The van der Waals surface area contributed by atoms with E-state index >= 15 is 0 Å². The first-order valence-corrected chi connectivity index (χ1v) is 13.9. The van der Waals surface area contributed by atoms with Gasteiger partial charge in [-0.1, -0.05) is 79.2 Å². The van der Waals surface area contributed by atoms with E-state index in [4.69, 9.17) is 4.74 Å². The lowest BCUT2D eigenvalue weighted by Crippen LogP contribution is -2.52. The van der Waals surface area contributed by atoms with Crippen molar-refractivity contribution in [3.8, 4) is 5.75 Å². The molecule has 196 valence electrons. The standard InChI is InChI=1S/C31H38N2O3S/c1-5-24(3)32-31(35)29(19-25-11-7-6-8-12-25)33(20-27-13-9-10-23(2)18-27)30(34)22-37-21-26-14-16-28(36-4)17-15-26/h6-18,24,29H,5,19-22H2,1-4H3,(H,32,35)/t24-,29-/m0/s1. The van der Waals surface area contributed by atoms with Crippen LogP contribution in [0.3, 0.4) is 0 Å². The molecule has 0 aliphatic heterocycles. The molecule has 6 heteroatoms. The molecule has 0 heterocycles. The predicted molar refractivity (Wildman–Crippen MR) is 153 cm³/mol. The van der Waals surface area contributed by atoms with Gasteiger partial charge in [0, 0.05) is 24.8 Å². The molecular formula is C31H38N2O3S. The molecule has 0 radical (unpaired) electrons. The summed E-state index contributed by atoms with van der Waals surface area (Å²) in [6.45, 7) is 6.46. The Hall–Kier alpha value is -3.25. The second-order valence-electron chi connectivity index (χ2n) is 9.37. The lowest BCUT2D eigenvalue weighted by atomic mass is 10.0. The van der Waals surface area contributed by atoms with E-state index in [2.05, 4.69) is 11.4 Å². The monoisotopic (exact) mass is 518 g/mol. The highest BCUT2D eigenvalue weighted by Crippen LogP contribution is 2.20. The van der Waals surface area contributed by atoms with Crippen molar-refractivity contribution in [2.75, 3.05) is 12.9 Å². The van der Waals surface area contributed by atoms with E-state index in [0.717, 1.165) is 34.4 Å². The molecule has 0 fully saturated rings. The van der Waals surface area contributed by atoms with E-state index in [1.54, 1.807) is 23.8 Å².